The molecule has 0 fully saturated rings. The highest BCUT2D eigenvalue weighted by Gasteiger charge is 2.30. The van der Waals surface area contributed by atoms with Crippen molar-refractivity contribution in [3.8, 4) is 0 Å². The molecule has 0 aliphatic rings. The molecule has 1 nitrogen and oxygen atoms in total. The first kappa shape index (κ1) is 16.0. The summed E-state index contributed by atoms with van der Waals surface area (Å²) in [6.07, 6.45) is 2.70. The van der Waals surface area contributed by atoms with E-state index in [0.29, 0.717) is 11.5 Å². The first-order chi connectivity index (χ1) is 6.81. The average Bonchev–Trinajstić information content (AvgIpc) is 1.91. The van der Waals surface area contributed by atoms with Gasteiger partial charge >= 0.3 is 0 Å². The van der Waals surface area contributed by atoms with Crippen LogP contribution in [0.25, 0.3) is 0 Å². The van der Waals surface area contributed by atoms with Crippen LogP contribution in [0.3, 0.4) is 0 Å². The highest BCUT2D eigenvalue weighted by Crippen LogP contribution is 2.33. The molecule has 0 heterocycles. The summed E-state index contributed by atoms with van der Waals surface area (Å²) in [6, 6.07) is 0. The van der Waals surface area contributed by atoms with Crippen LogP contribution in [0.4, 0.5) is 0 Å². The fourth-order valence-electron chi connectivity index (χ4n) is 1.66. The zero-order valence-electron chi connectivity index (χ0n) is 12.9. The van der Waals surface area contributed by atoms with Gasteiger partial charge in [-0.15, -0.1) is 0 Å². The van der Waals surface area contributed by atoms with Gasteiger partial charge < -0.3 is 4.74 Å². The maximum Gasteiger partial charge on any atom is 0.0630 e. The van der Waals surface area contributed by atoms with Gasteiger partial charge in [0.2, 0.25) is 0 Å². The first-order valence-corrected chi connectivity index (χ1v) is 6.49. The van der Waals surface area contributed by atoms with Gasteiger partial charge in [-0.25, -0.2) is 0 Å². The van der Waals surface area contributed by atoms with E-state index in [0.717, 1.165) is 6.42 Å². The molecular weight excluding hydrogens is 196 g/mol. The third kappa shape index (κ3) is 8.15. The Bertz CT molecular complexity index is 197. The van der Waals surface area contributed by atoms with E-state index in [4.69, 9.17) is 4.74 Å². The lowest BCUT2D eigenvalue weighted by molar-refractivity contribution is -0.110. The minimum absolute atomic E-state index is 0.0458. The molecule has 0 aliphatic carbocycles. The lowest BCUT2D eigenvalue weighted by Crippen LogP contribution is -2.37. The average molecular weight is 228 g/mol. The van der Waals surface area contributed by atoms with Gasteiger partial charge in [-0.1, -0.05) is 41.5 Å². The van der Waals surface area contributed by atoms with Crippen LogP contribution in [-0.4, -0.2) is 11.7 Å². The molecule has 98 valence electrons. The Morgan fingerprint density at radius 2 is 1.25 bits per heavy atom. The predicted octanol–water partition coefficient (Wildman–Crippen LogP) is 5.04. The molecular formula is C15H32O. The molecule has 16 heavy (non-hydrogen) atoms. The number of hydrogen-bond acceptors (Lipinski definition) is 1. The van der Waals surface area contributed by atoms with E-state index in [1.54, 1.807) is 0 Å². The van der Waals surface area contributed by atoms with Crippen molar-refractivity contribution in [3.63, 3.8) is 0 Å². The third-order valence-electron chi connectivity index (χ3n) is 2.62. The van der Waals surface area contributed by atoms with Gasteiger partial charge in [0.1, 0.15) is 0 Å². The molecule has 0 aliphatic heterocycles. The Morgan fingerprint density at radius 1 is 0.812 bits per heavy atom. The molecule has 0 rings (SSSR count). The van der Waals surface area contributed by atoms with Crippen LogP contribution >= 0.6 is 0 Å². The van der Waals surface area contributed by atoms with Gasteiger partial charge in [0, 0.05) is 0 Å². The van der Waals surface area contributed by atoms with Crippen molar-refractivity contribution in [2.45, 2.75) is 86.9 Å². The fourth-order valence-corrected chi connectivity index (χ4v) is 1.66. The van der Waals surface area contributed by atoms with Gasteiger partial charge in [-0.2, -0.15) is 0 Å². The summed E-state index contributed by atoms with van der Waals surface area (Å²) in [6.45, 7) is 20.1. The van der Waals surface area contributed by atoms with Gasteiger partial charge in [0.15, 0.2) is 0 Å². The summed E-state index contributed by atoms with van der Waals surface area (Å²) in [5, 5.41) is 0. The molecule has 0 saturated heterocycles. The second-order valence-electron chi connectivity index (χ2n) is 8.18. The molecule has 0 aromatic rings. The normalized spacial score (nSPS) is 16.3. The molecule has 0 spiro atoms. The Morgan fingerprint density at radius 3 is 1.50 bits per heavy atom. The topological polar surface area (TPSA) is 9.23 Å². The molecule has 0 saturated carbocycles. The quantitative estimate of drug-likeness (QED) is 0.657. The summed E-state index contributed by atoms with van der Waals surface area (Å²) in [7, 11) is 0. The van der Waals surface area contributed by atoms with E-state index in [1.165, 1.54) is 6.42 Å². The summed E-state index contributed by atoms with van der Waals surface area (Å²) >= 11 is 0. The van der Waals surface area contributed by atoms with Crippen LogP contribution in [0.2, 0.25) is 0 Å². The molecule has 0 radical (unpaired) electrons. The largest absolute Gasteiger partial charge is 0.372 e. The summed E-state index contributed by atoms with van der Waals surface area (Å²) < 4.78 is 6.20. The van der Waals surface area contributed by atoms with E-state index in [2.05, 4.69) is 62.3 Å². The maximum atomic E-state index is 6.20. The monoisotopic (exact) mass is 228 g/mol. The molecule has 0 bridgehead atoms. The standard InChI is InChI=1S/C15H32O/c1-13(2,3)11-10-12(14(4,5)6)16-15(7,8)9/h12H,10-11H2,1-9H3. The van der Waals surface area contributed by atoms with Gasteiger partial charge in [0.25, 0.3) is 0 Å². The fraction of sp³-hybridized carbons (Fsp3) is 1.00. The van der Waals surface area contributed by atoms with Crippen molar-refractivity contribution in [1.29, 1.82) is 0 Å². The van der Waals surface area contributed by atoms with Crippen LogP contribution < -0.4 is 0 Å². The zero-order valence-corrected chi connectivity index (χ0v) is 12.9. The highest BCUT2D eigenvalue weighted by molar-refractivity contribution is 4.79. The Kier molecular flexibility index (Phi) is 5.07. The van der Waals surface area contributed by atoms with Crippen LogP contribution in [0.5, 0.6) is 0 Å². The van der Waals surface area contributed by atoms with Crippen molar-refractivity contribution in [1.82, 2.24) is 0 Å². The van der Waals surface area contributed by atoms with E-state index in [9.17, 15) is 0 Å². The molecule has 0 aromatic carbocycles. The minimum Gasteiger partial charge on any atom is -0.372 e. The number of ether oxygens (including phenoxy) is 1. The van der Waals surface area contributed by atoms with Crippen molar-refractivity contribution in [2.75, 3.05) is 0 Å². The van der Waals surface area contributed by atoms with Gasteiger partial charge in [-0.3, -0.25) is 0 Å². The zero-order chi connectivity index (χ0) is 13.2. The van der Waals surface area contributed by atoms with E-state index < -0.39 is 0 Å². The second-order valence-corrected chi connectivity index (χ2v) is 8.18. The second kappa shape index (κ2) is 5.08. The minimum atomic E-state index is -0.0458. The summed E-state index contributed by atoms with van der Waals surface area (Å²) in [5.41, 5.74) is 0.569. The lowest BCUT2D eigenvalue weighted by atomic mass is 9.81. The SMILES string of the molecule is CC(C)(C)CCC(OC(C)(C)C)C(C)(C)C. The Labute approximate surface area is 103 Å². The summed E-state index contributed by atoms with van der Waals surface area (Å²) in [5.74, 6) is 0. The molecule has 0 aromatic heterocycles. The lowest BCUT2D eigenvalue weighted by Gasteiger charge is -2.37. The summed E-state index contributed by atoms with van der Waals surface area (Å²) in [4.78, 5) is 0. The van der Waals surface area contributed by atoms with Crippen molar-refractivity contribution >= 4 is 0 Å². The van der Waals surface area contributed by atoms with Crippen LogP contribution in [0.1, 0.15) is 75.2 Å². The molecule has 1 heteroatoms. The highest BCUT2D eigenvalue weighted by atomic mass is 16.5. The molecule has 0 N–H and O–H groups in total. The van der Waals surface area contributed by atoms with E-state index >= 15 is 0 Å². The predicted molar refractivity (Wildman–Crippen MR) is 72.8 cm³/mol. The Balaban J connectivity index is 4.47. The first-order valence-electron chi connectivity index (χ1n) is 6.49. The molecule has 1 atom stereocenters. The Hall–Kier alpha value is -0.0400. The van der Waals surface area contributed by atoms with Crippen molar-refractivity contribution in [3.05, 3.63) is 0 Å². The van der Waals surface area contributed by atoms with E-state index in [1.807, 2.05) is 0 Å². The van der Waals surface area contributed by atoms with Crippen molar-refractivity contribution in [2.24, 2.45) is 10.8 Å². The number of hydrogen-bond donors (Lipinski definition) is 0. The van der Waals surface area contributed by atoms with Crippen molar-refractivity contribution < 1.29 is 4.74 Å². The van der Waals surface area contributed by atoms with Crippen LogP contribution in [0.15, 0.2) is 0 Å². The number of rotatable bonds is 3. The maximum absolute atomic E-state index is 6.20. The third-order valence-corrected chi connectivity index (χ3v) is 2.62. The smallest absolute Gasteiger partial charge is 0.0630 e. The molecule has 1 unspecified atom stereocenters. The van der Waals surface area contributed by atoms with Crippen LogP contribution in [-0.2, 0) is 4.74 Å². The van der Waals surface area contributed by atoms with E-state index in [-0.39, 0.29) is 11.0 Å². The van der Waals surface area contributed by atoms with Crippen LogP contribution in [0, 0.1) is 10.8 Å². The van der Waals surface area contributed by atoms with Gasteiger partial charge in [-0.05, 0) is 44.4 Å². The van der Waals surface area contributed by atoms with Gasteiger partial charge in [0.05, 0.1) is 11.7 Å². The molecule has 0 amide bonds.